The highest BCUT2D eigenvalue weighted by Gasteiger charge is 2.29. The van der Waals surface area contributed by atoms with Crippen LogP contribution >= 0.6 is 0 Å². The number of esters is 1. The van der Waals surface area contributed by atoms with Gasteiger partial charge in [-0.15, -0.1) is 0 Å². The van der Waals surface area contributed by atoms with Gasteiger partial charge in [0, 0.05) is 24.1 Å². The molecule has 1 aromatic carbocycles. The Morgan fingerprint density at radius 3 is 2.83 bits per heavy atom. The third-order valence-corrected chi connectivity index (χ3v) is 3.32. The summed E-state index contributed by atoms with van der Waals surface area (Å²) in [6.07, 6.45) is 6.74. The lowest BCUT2D eigenvalue weighted by Crippen LogP contribution is -2.30. The van der Waals surface area contributed by atoms with Crippen molar-refractivity contribution in [3.63, 3.8) is 0 Å². The van der Waals surface area contributed by atoms with Crippen LogP contribution in [0.3, 0.4) is 0 Å². The van der Waals surface area contributed by atoms with E-state index in [4.69, 9.17) is 4.74 Å². The van der Waals surface area contributed by atoms with Crippen LogP contribution in [0.5, 0.6) is 0 Å². The number of imidazole rings is 1. The molecule has 0 aliphatic carbocycles. The Hall–Kier alpha value is -2.96. The van der Waals surface area contributed by atoms with E-state index in [-0.39, 0.29) is 13.0 Å². The molecule has 1 aromatic heterocycles. The van der Waals surface area contributed by atoms with Gasteiger partial charge in [0.1, 0.15) is 0 Å². The molecule has 0 saturated heterocycles. The molecule has 0 radical (unpaired) electrons. The zero-order chi connectivity index (χ0) is 17.4. The van der Waals surface area contributed by atoms with Crippen molar-refractivity contribution in [2.45, 2.75) is 25.9 Å². The van der Waals surface area contributed by atoms with Crippen molar-refractivity contribution in [2.75, 3.05) is 6.61 Å². The van der Waals surface area contributed by atoms with Crippen LogP contribution in [-0.2, 0) is 16.1 Å². The number of nitro groups is 1. The van der Waals surface area contributed by atoms with Crippen molar-refractivity contribution in [2.24, 2.45) is 0 Å². The normalized spacial score (nSPS) is 12.2. The topological polar surface area (TPSA) is 87.3 Å². The van der Waals surface area contributed by atoms with Crippen LogP contribution in [0, 0.1) is 10.1 Å². The number of rotatable bonds is 8. The number of aromatic nitrogens is 2. The Balaban J connectivity index is 1.94. The average molecular weight is 329 g/mol. The lowest BCUT2D eigenvalue weighted by atomic mass is 10.2. The summed E-state index contributed by atoms with van der Waals surface area (Å²) in [6.45, 7) is 2.43. The van der Waals surface area contributed by atoms with Gasteiger partial charge in [-0.1, -0.05) is 36.4 Å². The molecule has 0 aliphatic rings. The first-order valence-electron chi connectivity index (χ1n) is 7.62. The molecule has 1 heterocycles. The lowest BCUT2D eigenvalue weighted by Gasteiger charge is -2.05. The molecule has 24 heavy (non-hydrogen) atoms. The van der Waals surface area contributed by atoms with Gasteiger partial charge in [0.15, 0.2) is 0 Å². The van der Waals surface area contributed by atoms with E-state index in [1.54, 1.807) is 25.4 Å². The molecule has 0 spiro atoms. The summed E-state index contributed by atoms with van der Waals surface area (Å²) in [5.74, 6) is -0.818. The molecule has 7 nitrogen and oxygen atoms in total. The van der Waals surface area contributed by atoms with E-state index in [1.807, 2.05) is 41.1 Å². The largest absolute Gasteiger partial charge is 0.461 e. The highest BCUT2D eigenvalue weighted by atomic mass is 16.6. The van der Waals surface area contributed by atoms with Crippen molar-refractivity contribution in [3.05, 3.63) is 70.3 Å². The van der Waals surface area contributed by atoms with Crippen LogP contribution in [-0.4, -0.2) is 33.1 Å². The molecular formula is C17H19N3O4. The predicted molar refractivity (Wildman–Crippen MR) is 88.8 cm³/mol. The van der Waals surface area contributed by atoms with E-state index < -0.39 is 16.9 Å². The van der Waals surface area contributed by atoms with E-state index >= 15 is 0 Å². The molecule has 0 bridgehead atoms. The molecule has 0 saturated carbocycles. The van der Waals surface area contributed by atoms with Crippen LogP contribution in [0.25, 0.3) is 6.08 Å². The fourth-order valence-corrected chi connectivity index (χ4v) is 2.17. The molecule has 0 fully saturated rings. The lowest BCUT2D eigenvalue weighted by molar-refractivity contribution is -0.509. The Morgan fingerprint density at radius 2 is 2.17 bits per heavy atom. The standard InChI is InChI=1S/C17H19N3O4/c1-2-24-17(21)16(20(22)23)10-6-9-15-12-19(13-18-15)11-14-7-4-3-5-8-14/h3-9,12-13,16H,2,10-11H2,1H3/b9-6+. The van der Waals surface area contributed by atoms with Crippen molar-refractivity contribution < 1.29 is 14.5 Å². The van der Waals surface area contributed by atoms with E-state index in [2.05, 4.69) is 4.98 Å². The zero-order valence-electron chi connectivity index (χ0n) is 13.4. The molecule has 1 unspecified atom stereocenters. The van der Waals surface area contributed by atoms with Crippen molar-refractivity contribution in [1.29, 1.82) is 0 Å². The summed E-state index contributed by atoms with van der Waals surface area (Å²) in [5.41, 5.74) is 1.83. The number of carbonyl (C=O) groups is 1. The van der Waals surface area contributed by atoms with E-state index in [1.165, 1.54) is 0 Å². The SMILES string of the molecule is CCOC(=O)C(C/C=C/c1cn(Cc2ccccc2)cn1)[N+](=O)[O-]. The summed E-state index contributed by atoms with van der Waals surface area (Å²) >= 11 is 0. The Labute approximate surface area is 139 Å². The first kappa shape index (κ1) is 17.4. The number of ether oxygens (including phenoxy) is 1. The van der Waals surface area contributed by atoms with Crippen LogP contribution in [0.2, 0.25) is 0 Å². The zero-order valence-corrected chi connectivity index (χ0v) is 13.4. The van der Waals surface area contributed by atoms with Gasteiger partial charge in [0.25, 0.3) is 0 Å². The van der Waals surface area contributed by atoms with Gasteiger partial charge in [-0.2, -0.15) is 0 Å². The number of hydrogen-bond donors (Lipinski definition) is 0. The number of hydrogen-bond acceptors (Lipinski definition) is 5. The maximum absolute atomic E-state index is 11.5. The molecule has 2 rings (SSSR count). The van der Waals surface area contributed by atoms with Gasteiger partial charge in [0.2, 0.25) is 0 Å². The second-order valence-electron chi connectivity index (χ2n) is 5.15. The maximum Gasteiger partial charge on any atom is 0.381 e. The van der Waals surface area contributed by atoms with Gasteiger partial charge in [-0.05, 0) is 18.6 Å². The third-order valence-electron chi connectivity index (χ3n) is 3.32. The summed E-state index contributed by atoms with van der Waals surface area (Å²) in [5, 5.41) is 10.9. The third kappa shape index (κ3) is 5.05. The van der Waals surface area contributed by atoms with Crippen molar-refractivity contribution in [1.82, 2.24) is 9.55 Å². The second-order valence-corrected chi connectivity index (χ2v) is 5.15. The quantitative estimate of drug-likeness (QED) is 0.422. The Kier molecular flexibility index (Phi) is 6.24. The molecule has 0 amide bonds. The van der Waals surface area contributed by atoms with E-state index in [0.717, 1.165) is 5.56 Å². The van der Waals surface area contributed by atoms with Crippen LogP contribution in [0.1, 0.15) is 24.6 Å². The minimum atomic E-state index is -1.38. The Bertz CT molecular complexity index is 710. The molecule has 2 aromatic rings. The van der Waals surface area contributed by atoms with Crippen molar-refractivity contribution in [3.8, 4) is 0 Å². The van der Waals surface area contributed by atoms with Gasteiger partial charge in [0.05, 0.1) is 18.6 Å². The minimum absolute atomic E-state index is 0.0304. The number of benzene rings is 1. The average Bonchev–Trinajstić information content (AvgIpc) is 2.99. The highest BCUT2D eigenvalue weighted by Crippen LogP contribution is 2.07. The smallest absolute Gasteiger partial charge is 0.381 e. The highest BCUT2D eigenvalue weighted by molar-refractivity contribution is 5.74. The number of carbonyl (C=O) groups excluding carboxylic acids is 1. The fraction of sp³-hybridized carbons (Fsp3) is 0.294. The van der Waals surface area contributed by atoms with Crippen LogP contribution < -0.4 is 0 Å². The predicted octanol–water partition coefficient (Wildman–Crippen LogP) is 2.54. The summed E-state index contributed by atoms with van der Waals surface area (Å²) < 4.78 is 6.63. The number of nitrogens with zero attached hydrogens (tertiary/aromatic N) is 3. The molecule has 126 valence electrons. The monoisotopic (exact) mass is 329 g/mol. The van der Waals surface area contributed by atoms with E-state index in [0.29, 0.717) is 12.2 Å². The molecule has 1 atom stereocenters. The summed E-state index contributed by atoms with van der Waals surface area (Å²) in [6, 6.07) is 8.57. The van der Waals surface area contributed by atoms with Crippen LogP contribution in [0.15, 0.2) is 48.9 Å². The fourth-order valence-electron chi connectivity index (χ4n) is 2.17. The van der Waals surface area contributed by atoms with Crippen LogP contribution in [0.4, 0.5) is 0 Å². The van der Waals surface area contributed by atoms with Gasteiger partial charge in [-0.3, -0.25) is 10.1 Å². The first-order chi connectivity index (χ1) is 11.6. The molecular weight excluding hydrogens is 310 g/mol. The molecule has 0 N–H and O–H groups in total. The molecule has 0 aliphatic heterocycles. The second kappa shape index (κ2) is 8.61. The minimum Gasteiger partial charge on any atom is -0.461 e. The first-order valence-corrected chi connectivity index (χ1v) is 7.62. The van der Waals surface area contributed by atoms with Gasteiger partial charge >= 0.3 is 12.0 Å². The van der Waals surface area contributed by atoms with Gasteiger partial charge in [-0.25, -0.2) is 9.78 Å². The summed E-state index contributed by atoms with van der Waals surface area (Å²) in [4.78, 5) is 26.0. The summed E-state index contributed by atoms with van der Waals surface area (Å²) in [7, 11) is 0. The Morgan fingerprint density at radius 1 is 1.42 bits per heavy atom. The molecule has 7 heteroatoms. The van der Waals surface area contributed by atoms with Crippen molar-refractivity contribution >= 4 is 12.0 Å². The maximum atomic E-state index is 11.5. The van der Waals surface area contributed by atoms with E-state index in [9.17, 15) is 14.9 Å². The van der Waals surface area contributed by atoms with Gasteiger partial charge < -0.3 is 9.30 Å².